The van der Waals surface area contributed by atoms with Crippen molar-refractivity contribution in [2.75, 3.05) is 5.73 Å². The van der Waals surface area contributed by atoms with Crippen molar-refractivity contribution in [3.05, 3.63) is 54.2 Å². The molecule has 0 spiro atoms. The van der Waals surface area contributed by atoms with Crippen LogP contribution in [-0.4, -0.2) is 9.78 Å². The molecule has 0 radical (unpaired) electrons. The molecule has 0 amide bonds. The van der Waals surface area contributed by atoms with Gasteiger partial charge >= 0.3 is 0 Å². The van der Waals surface area contributed by atoms with Crippen LogP contribution in [-0.2, 0) is 0 Å². The second-order valence-electron chi connectivity index (χ2n) is 4.18. The van der Waals surface area contributed by atoms with Crippen molar-refractivity contribution in [1.29, 1.82) is 0 Å². The van der Waals surface area contributed by atoms with Gasteiger partial charge in [-0.15, -0.1) is 0 Å². The molecule has 3 heteroatoms. The van der Waals surface area contributed by atoms with Crippen molar-refractivity contribution < 1.29 is 0 Å². The Morgan fingerprint density at radius 2 is 1.94 bits per heavy atom. The first-order valence-corrected chi connectivity index (χ1v) is 5.55. The number of benzene rings is 2. The number of para-hydroxylation sites is 1. The summed E-state index contributed by atoms with van der Waals surface area (Å²) in [5.41, 5.74) is 9.79. The van der Waals surface area contributed by atoms with Crippen LogP contribution in [0, 0.1) is 6.92 Å². The lowest BCUT2D eigenvalue weighted by atomic mass is 10.2. The van der Waals surface area contributed by atoms with Gasteiger partial charge < -0.3 is 5.73 Å². The summed E-state index contributed by atoms with van der Waals surface area (Å²) >= 11 is 0. The van der Waals surface area contributed by atoms with Crippen LogP contribution < -0.4 is 5.73 Å². The summed E-state index contributed by atoms with van der Waals surface area (Å²) in [6.45, 7) is 2.08. The predicted molar refractivity (Wildman–Crippen MR) is 70.2 cm³/mol. The maximum absolute atomic E-state index is 5.76. The van der Waals surface area contributed by atoms with E-state index in [1.165, 1.54) is 5.56 Å². The van der Waals surface area contributed by atoms with Gasteiger partial charge in [-0.1, -0.05) is 18.2 Å². The minimum Gasteiger partial charge on any atom is -0.399 e. The molecular weight excluding hydrogens is 210 g/mol. The van der Waals surface area contributed by atoms with E-state index >= 15 is 0 Å². The fourth-order valence-corrected chi connectivity index (χ4v) is 1.99. The summed E-state index contributed by atoms with van der Waals surface area (Å²) in [4.78, 5) is 0. The van der Waals surface area contributed by atoms with Gasteiger partial charge in [0, 0.05) is 17.3 Å². The van der Waals surface area contributed by atoms with Crippen molar-refractivity contribution in [2.45, 2.75) is 6.92 Å². The molecule has 0 aliphatic heterocycles. The van der Waals surface area contributed by atoms with Crippen LogP contribution in [0.1, 0.15) is 5.56 Å². The number of aryl methyl sites for hydroxylation is 1. The van der Waals surface area contributed by atoms with Gasteiger partial charge in [-0.3, -0.25) is 0 Å². The summed E-state index contributed by atoms with van der Waals surface area (Å²) in [6, 6.07) is 13.9. The van der Waals surface area contributed by atoms with Crippen LogP contribution in [0.2, 0.25) is 0 Å². The van der Waals surface area contributed by atoms with E-state index in [-0.39, 0.29) is 0 Å². The van der Waals surface area contributed by atoms with Crippen LogP contribution in [0.5, 0.6) is 0 Å². The van der Waals surface area contributed by atoms with E-state index in [1.807, 2.05) is 41.2 Å². The third-order valence-electron chi connectivity index (χ3n) is 2.89. The van der Waals surface area contributed by atoms with Gasteiger partial charge in [0.05, 0.1) is 11.2 Å². The molecule has 17 heavy (non-hydrogen) atoms. The van der Waals surface area contributed by atoms with E-state index in [4.69, 9.17) is 5.73 Å². The molecule has 3 aromatic rings. The number of nitrogen functional groups attached to an aromatic ring is 1. The van der Waals surface area contributed by atoms with E-state index in [1.54, 1.807) is 0 Å². The second kappa shape index (κ2) is 3.63. The van der Waals surface area contributed by atoms with Crippen LogP contribution >= 0.6 is 0 Å². The van der Waals surface area contributed by atoms with Gasteiger partial charge in [0.15, 0.2) is 0 Å². The first-order chi connectivity index (χ1) is 8.24. The molecule has 0 fully saturated rings. The highest BCUT2D eigenvalue weighted by molar-refractivity contribution is 5.82. The van der Waals surface area contributed by atoms with Crippen LogP contribution in [0.3, 0.4) is 0 Å². The van der Waals surface area contributed by atoms with Crippen molar-refractivity contribution in [1.82, 2.24) is 9.78 Å². The summed E-state index contributed by atoms with van der Waals surface area (Å²) in [6.07, 6.45) is 2.01. The third-order valence-corrected chi connectivity index (χ3v) is 2.89. The third kappa shape index (κ3) is 1.65. The number of rotatable bonds is 1. The Labute approximate surface area is 99.5 Å². The summed E-state index contributed by atoms with van der Waals surface area (Å²) in [5, 5.41) is 5.61. The van der Waals surface area contributed by atoms with Gasteiger partial charge in [-0.05, 0) is 36.8 Å². The number of nitrogens with zero attached hydrogens (tertiary/aromatic N) is 2. The van der Waals surface area contributed by atoms with E-state index in [9.17, 15) is 0 Å². The second-order valence-corrected chi connectivity index (χ2v) is 4.18. The monoisotopic (exact) mass is 223 g/mol. The van der Waals surface area contributed by atoms with E-state index < -0.39 is 0 Å². The van der Waals surface area contributed by atoms with E-state index in [0.29, 0.717) is 0 Å². The molecule has 0 aliphatic carbocycles. The largest absolute Gasteiger partial charge is 0.399 e. The van der Waals surface area contributed by atoms with Crippen molar-refractivity contribution in [3.8, 4) is 5.69 Å². The lowest BCUT2D eigenvalue weighted by Crippen LogP contribution is -1.96. The molecule has 2 aromatic carbocycles. The molecule has 0 bridgehead atoms. The van der Waals surface area contributed by atoms with Gasteiger partial charge in [0.2, 0.25) is 0 Å². The molecule has 0 saturated heterocycles. The van der Waals surface area contributed by atoms with Gasteiger partial charge in [-0.2, -0.15) is 5.10 Å². The SMILES string of the molecule is Cc1ccccc1-n1cc2cc(N)ccc2n1. The highest BCUT2D eigenvalue weighted by Crippen LogP contribution is 2.19. The number of aromatic nitrogens is 2. The summed E-state index contributed by atoms with van der Waals surface area (Å²) in [5.74, 6) is 0. The summed E-state index contributed by atoms with van der Waals surface area (Å²) in [7, 11) is 0. The zero-order chi connectivity index (χ0) is 11.8. The molecular formula is C14H13N3. The normalized spacial score (nSPS) is 10.9. The number of anilines is 1. The Kier molecular flexibility index (Phi) is 2.11. The molecule has 2 N–H and O–H groups in total. The minimum absolute atomic E-state index is 0.766. The van der Waals surface area contributed by atoms with Crippen LogP contribution in [0.4, 0.5) is 5.69 Å². The molecule has 0 atom stereocenters. The van der Waals surface area contributed by atoms with E-state index in [0.717, 1.165) is 22.3 Å². The molecule has 0 saturated carbocycles. The molecule has 1 heterocycles. The van der Waals surface area contributed by atoms with Crippen LogP contribution in [0.25, 0.3) is 16.6 Å². The van der Waals surface area contributed by atoms with Crippen molar-refractivity contribution >= 4 is 16.6 Å². The zero-order valence-electron chi connectivity index (χ0n) is 9.59. The fourth-order valence-electron chi connectivity index (χ4n) is 1.99. The number of nitrogens with two attached hydrogens (primary N) is 1. The van der Waals surface area contributed by atoms with Crippen molar-refractivity contribution in [2.24, 2.45) is 0 Å². The maximum atomic E-state index is 5.76. The molecule has 1 aromatic heterocycles. The molecule has 3 rings (SSSR count). The predicted octanol–water partition coefficient (Wildman–Crippen LogP) is 2.92. The Morgan fingerprint density at radius 1 is 1.12 bits per heavy atom. The zero-order valence-corrected chi connectivity index (χ0v) is 9.59. The van der Waals surface area contributed by atoms with E-state index in [2.05, 4.69) is 24.2 Å². The highest BCUT2D eigenvalue weighted by Gasteiger charge is 2.04. The molecule has 84 valence electrons. The highest BCUT2D eigenvalue weighted by atomic mass is 15.3. The molecule has 0 aliphatic rings. The maximum Gasteiger partial charge on any atom is 0.0929 e. The topological polar surface area (TPSA) is 43.8 Å². The first-order valence-electron chi connectivity index (χ1n) is 5.55. The Hall–Kier alpha value is -2.29. The average molecular weight is 223 g/mol. The Morgan fingerprint density at radius 3 is 2.76 bits per heavy atom. The number of hydrogen-bond donors (Lipinski definition) is 1. The summed E-state index contributed by atoms with van der Waals surface area (Å²) < 4.78 is 1.90. The smallest absolute Gasteiger partial charge is 0.0929 e. The molecule has 0 unspecified atom stereocenters. The van der Waals surface area contributed by atoms with Crippen LogP contribution in [0.15, 0.2) is 48.7 Å². The molecule has 3 nitrogen and oxygen atoms in total. The van der Waals surface area contributed by atoms with Gasteiger partial charge in [-0.25, -0.2) is 4.68 Å². The van der Waals surface area contributed by atoms with Gasteiger partial charge in [0.25, 0.3) is 0 Å². The lowest BCUT2D eigenvalue weighted by Gasteiger charge is -2.03. The average Bonchev–Trinajstić information content (AvgIpc) is 2.72. The first kappa shape index (κ1) is 9.90. The fraction of sp³-hybridized carbons (Fsp3) is 0.0714. The lowest BCUT2D eigenvalue weighted by molar-refractivity contribution is 0.888. The minimum atomic E-state index is 0.766. The Balaban J connectivity index is 2.22. The Bertz CT molecular complexity index is 683. The number of fused-ring (bicyclic) bond motifs is 1. The van der Waals surface area contributed by atoms with Gasteiger partial charge in [0.1, 0.15) is 0 Å². The van der Waals surface area contributed by atoms with Crippen molar-refractivity contribution in [3.63, 3.8) is 0 Å². The standard InChI is InChI=1S/C14H13N3/c1-10-4-2-3-5-14(10)17-9-11-8-12(15)6-7-13(11)16-17/h2-9H,15H2,1H3. The quantitative estimate of drug-likeness (QED) is 0.644. The number of hydrogen-bond acceptors (Lipinski definition) is 2.